The molecular formula is C22H29F3N6O2. The van der Waals surface area contributed by atoms with Gasteiger partial charge in [-0.2, -0.15) is 18.3 Å². The highest BCUT2D eigenvalue weighted by Crippen LogP contribution is 2.38. The van der Waals surface area contributed by atoms with Crippen LogP contribution in [0.5, 0.6) is 0 Å². The highest BCUT2D eigenvalue weighted by atomic mass is 19.4. The highest BCUT2D eigenvalue weighted by molar-refractivity contribution is 5.98. The summed E-state index contributed by atoms with van der Waals surface area (Å²) in [6.07, 6.45) is 0.223. The number of primary amides is 1. The number of likely N-dealkylation sites (tertiary alicyclic amines) is 1. The van der Waals surface area contributed by atoms with Crippen molar-refractivity contribution in [2.45, 2.75) is 43.6 Å². The van der Waals surface area contributed by atoms with Crippen LogP contribution in [0.3, 0.4) is 0 Å². The molecule has 4 rings (SSSR count). The van der Waals surface area contributed by atoms with Gasteiger partial charge in [0.05, 0.1) is 17.7 Å². The van der Waals surface area contributed by atoms with E-state index in [1.807, 2.05) is 0 Å². The summed E-state index contributed by atoms with van der Waals surface area (Å²) in [6.45, 7) is 2.34. The van der Waals surface area contributed by atoms with Gasteiger partial charge in [0.1, 0.15) is 5.56 Å². The van der Waals surface area contributed by atoms with Gasteiger partial charge in [-0.3, -0.25) is 14.4 Å². The second-order valence-corrected chi connectivity index (χ2v) is 8.78. The molecule has 1 aliphatic heterocycles. The fraction of sp³-hybridized carbons (Fsp3) is 0.545. The Balaban J connectivity index is 1.49. The number of hydrogen-bond donors (Lipinski definition) is 3. The number of nitrogens with one attached hydrogen (secondary N) is 1. The molecule has 0 bridgehead atoms. The van der Waals surface area contributed by atoms with E-state index >= 15 is 0 Å². The molecular weight excluding hydrogens is 437 g/mol. The van der Waals surface area contributed by atoms with E-state index in [2.05, 4.69) is 15.3 Å². The molecule has 8 nitrogen and oxygen atoms in total. The minimum Gasteiger partial charge on any atom is -0.379 e. The zero-order valence-corrected chi connectivity index (χ0v) is 18.4. The van der Waals surface area contributed by atoms with Gasteiger partial charge in [-0.05, 0) is 56.0 Å². The number of anilines is 2. The lowest BCUT2D eigenvalue weighted by atomic mass is 9.80. The Kier molecular flexibility index (Phi) is 6.64. The van der Waals surface area contributed by atoms with Crippen LogP contribution in [0, 0.1) is 5.92 Å². The maximum atomic E-state index is 12.8. The number of hydrogen-bond acceptors (Lipinski definition) is 6. The maximum Gasteiger partial charge on any atom is 0.416 e. The summed E-state index contributed by atoms with van der Waals surface area (Å²) in [5.74, 6) is -0.282. The number of nitrogens with zero attached hydrogens (tertiary/aromatic N) is 3. The second kappa shape index (κ2) is 9.32. The van der Waals surface area contributed by atoms with Crippen molar-refractivity contribution in [3.63, 3.8) is 0 Å². The molecule has 5 N–H and O–H groups in total. The van der Waals surface area contributed by atoms with E-state index in [1.165, 1.54) is 12.1 Å². The molecule has 180 valence electrons. The molecule has 1 aromatic heterocycles. The first kappa shape index (κ1) is 23.5. The molecule has 0 spiro atoms. The van der Waals surface area contributed by atoms with Crippen molar-refractivity contribution < 1.29 is 22.7 Å². The standard InChI is InChI=1S/C22H29F3N6O2/c1-33-17-10-30(11-17)16-6-7-19(13(8-16)9-26)31-12-18(20(27)32)21(29-31)28-15-4-2-14(3-5-15)22(23,24)25/h2-5,12-13,16-17,19H,6-11,26H2,1H3,(H2,27,32)(H,28,29)/t13-,16+,19+/m1/s1. The number of methoxy groups -OCH3 is 1. The van der Waals surface area contributed by atoms with Gasteiger partial charge in [0.25, 0.3) is 5.91 Å². The van der Waals surface area contributed by atoms with Gasteiger partial charge < -0.3 is 21.5 Å². The van der Waals surface area contributed by atoms with Crippen LogP contribution in [0.25, 0.3) is 0 Å². The Hall–Kier alpha value is -2.63. The van der Waals surface area contributed by atoms with Crippen molar-refractivity contribution in [1.82, 2.24) is 14.7 Å². The van der Waals surface area contributed by atoms with Crippen LogP contribution in [0.15, 0.2) is 30.5 Å². The van der Waals surface area contributed by atoms with Crippen molar-refractivity contribution in [2.75, 3.05) is 32.1 Å². The molecule has 1 aliphatic carbocycles. The van der Waals surface area contributed by atoms with Crippen LogP contribution in [0.4, 0.5) is 24.7 Å². The molecule has 1 saturated heterocycles. The number of rotatable bonds is 7. The van der Waals surface area contributed by atoms with E-state index in [-0.39, 0.29) is 23.3 Å². The Morgan fingerprint density at radius 3 is 2.52 bits per heavy atom. The zero-order valence-electron chi connectivity index (χ0n) is 18.4. The smallest absolute Gasteiger partial charge is 0.379 e. The van der Waals surface area contributed by atoms with Crippen molar-refractivity contribution >= 4 is 17.4 Å². The number of amides is 1. The third kappa shape index (κ3) is 4.99. The number of carbonyl (C=O) groups excluding carboxylic acids is 1. The van der Waals surface area contributed by atoms with E-state index < -0.39 is 17.6 Å². The molecule has 2 heterocycles. The molecule has 2 aromatic rings. The van der Waals surface area contributed by atoms with Gasteiger partial charge in [-0.25, -0.2) is 0 Å². The number of benzene rings is 1. The number of alkyl halides is 3. The van der Waals surface area contributed by atoms with Gasteiger partial charge in [0.15, 0.2) is 5.82 Å². The summed E-state index contributed by atoms with van der Waals surface area (Å²) < 4.78 is 45.6. The number of aromatic nitrogens is 2. The summed E-state index contributed by atoms with van der Waals surface area (Å²) in [5, 5.41) is 7.47. The molecule has 1 aromatic carbocycles. The van der Waals surface area contributed by atoms with E-state index in [4.69, 9.17) is 16.2 Å². The lowest BCUT2D eigenvalue weighted by Gasteiger charge is -2.47. The molecule has 0 unspecified atom stereocenters. The fourth-order valence-electron chi connectivity index (χ4n) is 4.79. The Morgan fingerprint density at radius 1 is 1.24 bits per heavy atom. The molecule has 2 fully saturated rings. The first-order chi connectivity index (χ1) is 15.7. The number of nitrogens with two attached hydrogens (primary N) is 2. The van der Waals surface area contributed by atoms with Crippen LogP contribution < -0.4 is 16.8 Å². The number of halogens is 3. The summed E-state index contributed by atoms with van der Waals surface area (Å²) in [4.78, 5) is 14.4. The maximum absolute atomic E-state index is 12.8. The topological polar surface area (TPSA) is 111 Å². The predicted molar refractivity (Wildman–Crippen MR) is 117 cm³/mol. The summed E-state index contributed by atoms with van der Waals surface area (Å²) >= 11 is 0. The van der Waals surface area contributed by atoms with E-state index in [0.717, 1.165) is 44.5 Å². The number of carbonyl (C=O) groups is 1. The Labute approximate surface area is 190 Å². The average Bonchev–Trinajstić information content (AvgIpc) is 3.16. The van der Waals surface area contributed by atoms with Gasteiger partial charge >= 0.3 is 6.18 Å². The lowest BCUT2D eigenvalue weighted by Crippen LogP contribution is -2.57. The third-order valence-electron chi connectivity index (χ3n) is 6.76. The van der Waals surface area contributed by atoms with Crippen molar-refractivity contribution in [1.29, 1.82) is 0 Å². The normalized spacial score (nSPS) is 24.5. The van der Waals surface area contributed by atoms with Crippen LogP contribution in [-0.2, 0) is 10.9 Å². The average molecular weight is 467 g/mol. The van der Waals surface area contributed by atoms with E-state index in [0.29, 0.717) is 24.4 Å². The molecule has 1 saturated carbocycles. The van der Waals surface area contributed by atoms with Crippen molar-refractivity contribution in [3.8, 4) is 0 Å². The highest BCUT2D eigenvalue weighted by Gasteiger charge is 2.39. The van der Waals surface area contributed by atoms with Gasteiger partial charge in [0.2, 0.25) is 0 Å². The minimum absolute atomic E-state index is 0.00649. The zero-order chi connectivity index (χ0) is 23.8. The van der Waals surface area contributed by atoms with Crippen LogP contribution in [-0.4, -0.2) is 59.5 Å². The lowest BCUT2D eigenvalue weighted by molar-refractivity contribution is -0.137. The molecule has 11 heteroatoms. The number of ether oxygens (including phenoxy) is 1. The molecule has 3 atom stereocenters. The SMILES string of the molecule is COC1CN([C@H]2CC[C@H](n3cc(C(N)=O)c(Nc4ccc(C(F)(F)F)cc4)n3)[C@@H](CN)C2)C1. The van der Waals surface area contributed by atoms with Crippen molar-refractivity contribution in [3.05, 3.63) is 41.6 Å². The second-order valence-electron chi connectivity index (χ2n) is 8.78. The first-order valence-corrected chi connectivity index (χ1v) is 11.0. The predicted octanol–water partition coefficient (Wildman–Crippen LogP) is 2.74. The minimum atomic E-state index is -4.42. The molecule has 33 heavy (non-hydrogen) atoms. The summed E-state index contributed by atoms with van der Waals surface area (Å²) in [5.41, 5.74) is 11.4. The Bertz CT molecular complexity index is 972. The third-order valence-corrected chi connectivity index (χ3v) is 6.76. The van der Waals surface area contributed by atoms with Crippen LogP contribution in [0.1, 0.15) is 41.2 Å². The largest absolute Gasteiger partial charge is 0.416 e. The summed E-state index contributed by atoms with van der Waals surface area (Å²) in [7, 11) is 1.73. The monoisotopic (exact) mass is 466 g/mol. The molecule has 2 aliphatic rings. The van der Waals surface area contributed by atoms with Gasteiger partial charge in [-0.15, -0.1) is 0 Å². The van der Waals surface area contributed by atoms with E-state index in [1.54, 1.807) is 18.0 Å². The molecule has 0 radical (unpaired) electrons. The summed E-state index contributed by atoms with van der Waals surface area (Å²) in [6, 6.07) is 4.98. The Morgan fingerprint density at radius 2 is 1.94 bits per heavy atom. The molecule has 1 amide bonds. The van der Waals surface area contributed by atoms with Gasteiger partial charge in [-0.1, -0.05) is 0 Å². The van der Waals surface area contributed by atoms with Gasteiger partial charge in [0, 0.05) is 38.1 Å². The fourth-order valence-corrected chi connectivity index (χ4v) is 4.79. The van der Waals surface area contributed by atoms with Crippen molar-refractivity contribution in [2.24, 2.45) is 17.4 Å². The quantitative estimate of drug-likeness (QED) is 0.579. The van der Waals surface area contributed by atoms with Crippen LogP contribution >= 0.6 is 0 Å². The van der Waals surface area contributed by atoms with Crippen LogP contribution in [0.2, 0.25) is 0 Å². The first-order valence-electron chi connectivity index (χ1n) is 11.0. The van der Waals surface area contributed by atoms with E-state index in [9.17, 15) is 18.0 Å².